The minimum Gasteiger partial charge on any atom is -0.344 e. The molecule has 0 radical (unpaired) electrons. The van der Waals surface area contributed by atoms with Crippen molar-refractivity contribution in [2.75, 3.05) is 5.32 Å². The first-order chi connectivity index (χ1) is 12.0. The van der Waals surface area contributed by atoms with E-state index >= 15 is 0 Å². The highest BCUT2D eigenvalue weighted by atomic mass is 16.2. The molecule has 0 bridgehead atoms. The Bertz CT molecular complexity index is 716. The van der Waals surface area contributed by atoms with E-state index in [-0.39, 0.29) is 0 Å². The zero-order valence-corrected chi connectivity index (χ0v) is 15.2. The third-order valence-corrected chi connectivity index (χ3v) is 4.15. The number of hydrogen-bond donors (Lipinski definition) is 2. The number of nitrogens with one attached hydrogen (secondary N) is 2. The van der Waals surface area contributed by atoms with Crippen LogP contribution < -0.4 is 10.6 Å². The number of aryl methyl sites for hydroxylation is 3. The largest absolute Gasteiger partial charge is 0.344 e. The van der Waals surface area contributed by atoms with Gasteiger partial charge in [0.25, 0.3) is 0 Å². The van der Waals surface area contributed by atoms with Gasteiger partial charge in [0.1, 0.15) is 0 Å². The molecule has 2 aromatic carbocycles. The van der Waals surface area contributed by atoms with Crippen molar-refractivity contribution >= 4 is 17.5 Å². The van der Waals surface area contributed by atoms with E-state index in [4.69, 9.17) is 0 Å². The summed E-state index contributed by atoms with van der Waals surface area (Å²) in [5.74, 6) is -1.26. The minimum absolute atomic E-state index is 0.334. The fraction of sp³-hybridized carbons (Fsp3) is 0.333. The molecule has 25 heavy (non-hydrogen) atoms. The van der Waals surface area contributed by atoms with Gasteiger partial charge >= 0.3 is 11.8 Å². The first-order valence-electron chi connectivity index (χ1n) is 8.74. The van der Waals surface area contributed by atoms with Crippen molar-refractivity contribution in [1.29, 1.82) is 0 Å². The Labute approximate surface area is 149 Å². The summed E-state index contributed by atoms with van der Waals surface area (Å²) in [4.78, 5) is 24.2. The first kappa shape index (κ1) is 18.7. The van der Waals surface area contributed by atoms with Gasteiger partial charge in [-0.3, -0.25) is 9.59 Å². The number of rotatable bonds is 6. The van der Waals surface area contributed by atoms with E-state index in [1.807, 2.05) is 44.2 Å². The number of benzene rings is 2. The van der Waals surface area contributed by atoms with Crippen molar-refractivity contribution in [3.8, 4) is 0 Å². The summed E-state index contributed by atoms with van der Waals surface area (Å²) in [5.41, 5.74) is 4.91. The molecule has 0 atom stereocenters. The van der Waals surface area contributed by atoms with Crippen LogP contribution in [0.1, 0.15) is 42.0 Å². The SMILES string of the molecule is CCCCc1cc(C)c(NC(=O)C(=O)NCc2ccccc2)c(C)c1. The molecule has 2 rings (SSSR count). The molecule has 0 aliphatic rings. The Hall–Kier alpha value is -2.62. The molecule has 0 aliphatic carbocycles. The fourth-order valence-corrected chi connectivity index (χ4v) is 2.80. The maximum absolute atomic E-state index is 12.2. The zero-order chi connectivity index (χ0) is 18.2. The van der Waals surface area contributed by atoms with Crippen LogP contribution in [0.4, 0.5) is 5.69 Å². The number of carbonyl (C=O) groups is 2. The Morgan fingerprint density at radius 1 is 0.920 bits per heavy atom. The summed E-state index contributed by atoms with van der Waals surface area (Å²) >= 11 is 0. The molecule has 0 aromatic heterocycles. The monoisotopic (exact) mass is 338 g/mol. The van der Waals surface area contributed by atoms with Crippen molar-refractivity contribution in [3.05, 3.63) is 64.7 Å². The number of anilines is 1. The smallest absolute Gasteiger partial charge is 0.313 e. The summed E-state index contributed by atoms with van der Waals surface area (Å²) in [5, 5.41) is 5.39. The number of carbonyl (C=O) groups excluding carboxylic acids is 2. The molecular formula is C21H26N2O2. The van der Waals surface area contributed by atoms with Crippen molar-refractivity contribution in [3.63, 3.8) is 0 Å². The van der Waals surface area contributed by atoms with Crippen LogP contribution in [0.15, 0.2) is 42.5 Å². The zero-order valence-electron chi connectivity index (χ0n) is 15.2. The Morgan fingerprint density at radius 2 is 1.56 bits per heavy atom. The van der Waals surface area contributed by atoms with E-state index in [0.717, 1.165) is 41.6 Å². The minimum atomic E-state index is -0.636. The molecule has 2 aromatic rings. The number of amides is 2. The summed E-state index contributed by atoms with van der Waals surface area (Å²) in [7, 11) is 0. The second-order valence-electron chi connectivity index (χ2n) is 6.33. The van der Waals surface area contributed by atoms with Crippen LogP contribution in [0, 0.1) is 13.8 Å². The third-order valence-electron chi connectivity index (χ3n) is 4.15. The first-order valence-corrected chi connectivity index (χ1v) is 8.74. The maximum Gasteiger partial charge on any atom is 0.313 e. The normalized spacial score (nSPS) is 10.4. The molecule has 0 aliphatic heterocycles. The van der Waals surface area contributed by atoms with Gasteiger partial charge < -0.3 is 10.6 Å². The van der Waals surface area contributed by atoms with Gasteiger partial charge in [-0.1, -0.05) is 55.8 Å². The van der Waals surface area contributed by atoms with Gasteiger partial charge in [-0.2, -0.15) is 0 Å². The highest BCUT2D eigenvalue weighted by Crippen LogP contribution is 2.23. The van der Waals surface area contributed by atoms with Crippen LogP contribution >= 0.6 is 0 Å². The highest BCUT2D eigenvalue weighted by Gasteiger charge is 2.16. The van der Waals surface area contributed by atoms with Crippen molar-refractivity contribution in [2.24, 2.45) is 0 Å². The lowest BCUT2D eigenvalue weighted by Gasteiger charge is -2.14. The molecule has 132 valence electrons. The summed E-state index contributed by atoms with van der Waals surface area (Å²) in [6.07, 6.45) is 3.33. The molecule has 0 heterocycles. The van der Waals surface area contributed by atoms with Gasteiger partial charge in [-0.05, 0) is 48.9 Å². The summed E-state index contributed by atoms with van der Waals surface area (Å²) in [6.45, 7) is 6.42. The predicted molar refractivity (Wildman–Crippen MR) is 101 cm³/mol. The van der Waals surface area contributed by atoms with Crippen molar-refractivity contribution in [1.82, 2.24) is 5.32 Å². The van der Waals surface area contributed by atoms with Crippen LogP contribution in [0.5, 0.6) is 0 Å². The molecule has 0 unspecified atom stereocenters. The maximum atomic E-state index is 12.2. The third kappa shape index (κ3) is 5.45. The molecule has 0 saturated carbocycles. The van der Waals surface area contributed by atoms with Crippen LogP contribution in [-0.2, 0) is 22.6 Å². The van der Waals surface area contributed by atoms with Gasteiger partial charge in [0.05, 0.1) is 0 Å². The van der Waals surface area contributed by atoms with Crippen molar-refractivity contribution < 1.29 is 9.59 Å². The second kappa shape index (κ2) is 9.02. The van der Waals surface area contributed by atoms with Crippen molar-refractivity contribution in [2.45, 2.75) is 46.6 Å². The summed E-state index contributed by atoms with van der Waals surface area (Å²) < 4.78 is 0. The molecular weight excluding hydrogens is 312 g/mol. The van der Waals surface area contributed by atoms with Crippen LogP contribution in [0.3, 0.4) is 0 Å². The van der Waals surface area contributed by atoms with Gasteiger partial charge in [-0.15, -0.1) is 0 Å². The molecule has 0 fully saturated rings. The van der Waals surface area contributed by atoms with E-state index in [1.165, 1.54) is 5.56 Å². The summed E-state index contributed by atoms with van der Waals surface area (Å²) in [6, 6.07) is 13.7. The molecule has 2 amide bonds. The van der Waals surface area contributed by atoms with Crippen LogP contribution in [0.2, 0.25) is 0 Å². The second-order valence-corrected chi connectivity index (χ2v) is 6.33. The molecule has 4 nitrogen and oxygen atoms in total. The molecule has 4 heteroatoms. The Kier molecular flexibility index (Phi) is 6.75. The number of hydrogen-bond acceptors (Lipinski definition) is 2. The van der Waals surface area contributed by atoms with Crippen LogP contribution in [-0.4, -0.2) is 11.8 Å². The van der Waals surface area contributed by atoms with Gasteiger partial charge in [0.15, 0.2) is 0 Å². The fourth-order valence-electron chi connectivity index (χ4n) is 2.80. The average Bonchev–Trinajstić information content (AvgIpc) is 2.61. The Balaban J connectivity index is 1.98. The van der Waals surface area contributed by atoms with Crippen LogP contribution in [0.25, 0.3) is 0 Å². The molecule has 0 saturated heterocycles. The number of unbranched alkanes of at least 4 members (excludes halogenated alkanes) is 1. The average molecular weight is 338 g/mol. The highest BCUT2D eigenvalue weighted by molar-refractivity contribution is 6.39. The van der Waals surface area contributed by atoms with Gasteiger partial charge in [-0.25, -0.2) is 0 Å². The quantitative estimate of drug-likeness (QED) is 0.785. The van der Waals surface area contributed by atoms with Gasteiger partial charge in [0.2, 0.25) is 0 Å². The molecule has 2 N–H and O–H groups in total. The van der Waals surface area contributed by atoms with E-state index in [2.05, 4.69) is 29.7 Å². The topological polar surface area (TPSA) is 58.2 Å². The lowest BCUT2D eigenvalue weighted by atomic mass is 10.0. The Morgan fingerprint density at radius 3 is 2.16 bits per heavy atom. The van der Waals surface area contributed by atoms with E-state index in [1.54, 1.807) is 0 Å². The van der Waals surface area contributed by atoms with E-state index < -0.39 is 11.8 Å². The molecule has 0 spiro atoms. The predicted octanol–water partition coefficient (Wildman–Crippen LogP) is 3.90. The van der Waals surface area contributed by atoms with E-state index in [9.17, 15) is 9.59 Å². The van der Waals surface area contributed by atoms with E-state index in [0.29, 0.717) is 6.54 Å². The lowest BCUT2D eigenvalue weighted by Crippen LogP contribution is -2.35. The lowest BCUT2D eigenvalue weighted by molar-refractivity contribution is -0.136. The van der Waals surface area contributed by atoms with Gasteiger partial charge in [0, 0.05) is 12.2 Å². The standard InChI is InChI=1S/C21H26N2O2/c1-4-5-9-18-12-15(2)19(16(3)13-18)23-21(25)20(24)22-14-17-10-7-6-8-11-17/h6-8,10-13H,4-5,9,14H2,1-3H3,(H,22,24)(H,23,25).